The molecule has 2 rings (SSSR count). The Morgan fingerprint density at radius 1 is 1.44 bits per heavy atom. The predicted octanol–water partition coefficient (Wildman–Crippen LogP) is 1.39. The average Bonchev–Trinajstić information content (AvgIpc) is 2.71. The number of carbonyl (C=O) groups excluding carboxylic acids is 1. The molecule has 0 aromatic heterocycles. The minimum Gasteiger partial charge on any atom is -0.469 e. The van der Waals surface area contributed by atoms with Gasteiger partial charge < -0.3 is 4.74 Å². The van der Waals surface area contributed by atoms with Crippen molar-refractivity contribution in [3.63, 3.8) is 0 Å². The van der Waals surface area contributed by atoms with Crippen LogP contribution in [0.5, 0.6) is 0 Å². The number of nitrogens with zero attached hydrogens (tertiary/aromatic N) is 1. The number of hydrogen-bond acceptors (Lipinski definition) is 4. The van der Waals surface area contributed by atoms with Gasteiger partial charge in [-0.3, -0.25) is 9.63 Å². The van der Waals surface area contributed by atoms with Gasteiger partial charge in [0.15, 0.2) is 0 Å². The van der Waals surface area contributed by atoms with Crippen molar-refractivity contribution < 1.29 is 14.4 Å². The van der Waals surface area contributed by atoms with Crippen LogP contribution in [0.25, 0.3) is 0 Å². The normalized spacial score (nSPS) is 25.6. The predicted molar refractivity (Wildman–Crippen MR) is 58.4 cm³/mol. The third-order valence-electron chi connectivity index (χ3n) is 2.88. The second-order valence-corrected chi connectivity index (χ2v) is 3.83. The van der Waals surface area contributed by atoms with Gasteiger partial charge in [0.2, 0.25) is 0 Å². The molecule has 1 aromatic carbocycles. The molecule has 0 N–H and O–H groups in total. The summed E-state index contributed by atoms with van der Waals surface area (Å²) in [5.41, 5.74) is 1.07. The van der Waals surface area contributed by atoms with Crippen molar-refractivity contribution in [2.45, 2.75) is 6.04 Å². The Balaban J connectivity index is 2.26. The number of benzene rings is 1. The van der Waals surface area contributed by atoms with Crippen LogP contribution in [0.4, 0.5) is 0 Å². The fraction of sp³-hybridized carbons (Fsp3) is 0.417. The van der Waals surface area contributed by atoms with Crippen LogP contribution in [0.3, 0.4) is 0 Å². The lowest BCUT2D eigenvalue weighted by Gasteiger charge is -2.21. The number of esters is 1. The van der Waals surface area contributed by atoms with Gasteiger partial charge in [0.1, 0.15) is 5.92 Å². The maximum atomic E-state index is 11.6. The highest BCUT2D eigenvalue weighted by molar-refractivity contribution is 5.74. The van der Waals surface area contributed by atoms with Crippen LogP contribution in [0.15, 0.2) is 30.3 Å². The average molecular weight is 221 g/mol. The zero-order valence-corrected chi connectivity index (χ0v) is 9.42. The van der Waals surface area contributed by atoms with Gasteiger partial charge >= 0.3 is 5.97 Å². The highest BCUT2D eigenvalue weighted by Gasteiger charge is 2.39. The quantitative estimate of drug-likeness (QED) is 0.707. The van der Waals surface area contributed by atoms with Gasteiger partial charge in [0.05, 0.1) is 19.8 Å². The minimum absolute atomic E-state index is 0.0614. The molecule has 1 aliphatic heterocycles. The summed E-state index contributed by atoms with van der Waals surface area (Å²) in [6, 6.07) is 9.78. The molecular formula is C12H15NO3. The van der Waals surface area contributed by atoms with E-state index in [1.807, 2.05) is 37.4 Å². The van der Waals surface area contributed by atoms with Crippen LogP contribution in [0.2, 0.25) is 0 Å². The summed E-state index contributed by atoms with van der Waals surface area (Å²) in [5, 5.41) is 1.72. The largest absolute Gasteiger partial charge is 0.469 e. The van der Waals surface area contributed by atoms with Gasteiger partial charge in [-0.1, -0.05) is 30.3 Å². The van der Waals surface area contributed by atoms with E-state index in [-0.39, 0.29) is 17.9 Å². The van der Waals surface area contributed by atoms with Crippen molar-refractivity contribution >= 4 is 5.97 Å². The van der Waals surface area contributed by atoms with Crippen molar-refractivity contribution in [3.05, 3.63) is 35.9 Å². The van der Waals surface area contributed by atoms with E-state index in [0.717, 1.165) is 5.56 Å². The van der Waals surface area contributed by atoms with Gasteiger partial charge in [0.25, 0.3) is 0 Å². The molecule has 0 aliphatic carbocycles. The first-order chi connectivity index (χ1) is 7.74. The van der Waals surface area contributed by atoms with Crippen LogP contribution in [0, 0.1) is 5.92 Å². The van der Waals surface area contributed by atoms with Crippen LogP contribution < -0.4 is 0 Å². The van der Waals surface area contributed by atoms with Crippen LogP contribution in [0.1, 0.15) is 11.6 Å². The van der Waals surface area contributed by atoms with Gasteiger partial charge in [-0.05, 0) is 5.56 Å². The Kier molecular flexibility index (Phi) is 3.22. The van der Waals surface area contributed by atoms with E-state index >= 15 is 0 Å². The highest BCUT2D eigenvalue weighted by Crippen LogP contribution is 2.34. The number of hydrogen-bond donors (Lipinski definition) is 0. The van der Waals surface area contributed by atoms with E-state index in [4.69, 9.17) is 9.57 Å². The molecule has 0 saturated carbocycles. The molecule has 1 saturated heterocycles. The molecular weight excluding hydrogens is 206 g/mol. The van der Waals surface area contributed by atoms with Crippen molar-refractivity contribution in [1.82, 2.24) is 5.06 Å². The van der Waals surface area contributed by atoms with E-state index in [1.54, 1.807) is 5.06 Å². The summed E-state index contributed by atoms with van der Waals surface area (Å²) in [7, 11) is 3.24. The fourth-order valence-electron chi connectivity index (χ4n) is 2.06. The topological polar surface area (TPSA) is 38.8 Å². The summed E-state index contributed by atoms with van der Waals surface area (Å²) in [6.07, 6.45) is 0. The molecule has 86 valence electrons. The third kappa shape index (κ3) is 1.94. The lowest BCUT2D eigenvalue weighted by molar-refractivity contribution is -0.145. The second-order valence-electron chi connectivity index (χ2n) is 3.83. The zero-order valence-electron chi connectivity index (χ0n) is 9.42. The molecule has 0 radical (unpaired) electrons. The van der Waals surface area contributed by atoms with Crippen molar-refractivity contribution in [1.29, 1.82) is 0 Å². The van der Waals surface area contributed by atoms with Crippen molar-refractivity contribution in [2.24, 2.45) is 5.92 Å². The van der Waals surface area contributed by atoms with Crippen molar-refractivity contribution in [3.8, 4) is 0 Å². The summed E-state index contributed by atoms with van der Waals surface area (Å²) in [6.45, 7) is 0.378. The first-order valence-corrected chi connectivity index (χ1v) is 5.22. The molecule has 1 aliphatic rings. The molecule has 16 heavy (non-hydrogen) atoms. The standard InChI is InChI=1S/C12H15NO3/c1-13-11(9-6-4-3-5-7-9)10(8-16-13)12(14)15-2/h3-7,10-11H,8H2,1-2H3/t10-,11-/m0/s1. The lowest BCUT2D eigenvalue weighted by Crippen LogP contribution is -2.26. The summed E-state index contributed by atoms with van der Waals surface area (Å²) < 4.78 is 4.79. The molecule has 2 atom stereocenters. The monoisotopic (exact) mass is 221 g/mol. The molecule has 4 nitrogen and oxygen atoms in total. The third-order valence-corrected chi connectivity index (χ3v) is 2.88. The van der Waals surface area contributed by atoms with Crippen LogP contribution >= 0.6 is 0 Å². The first kappa shape index (κ1) is 11.1. The Morgan fingerprint density at radius 2 is 2.12 bits per heavy atom. The maximum Gasteiger partial charge on any atom is 0.313 e. The number of carbonyl (C=O) groups is 1. The van der Waals surface area contributed by atoms with Crippen molar-refractivity contribution in [2.75, 3.05) is 20.8 Å². The van der Waals surface area contributed by atoms with Gasteiger partial charge in [0, 0.05) is 7.05 Å². The zero-order chi connectivity index (χ0) is 11.5. The van der Waals surface area contributed by atoms with E-state index in [9.17, 15) is 4.79 Å². The number of rotatable bonds is 2. The molecule has 0 unspecified atom stereocenters. The van der Waals surface area contributed by atoms with E-state index in [2.05, 4.69) is 0 Å². The smallest absolute Gasteiger partial charge is 0.313 e. The van der Waals surface area contributed by atoms with Crippen LogP contribution in [-0.2, 0) is 14.4 Å². The maximum absolute atomic E-state index is 11.6. The van der Waals surface area contributed by atoms with E-state index in [0.29, 0.717) is 6.61 Å². The number of hydroxylamine groups is 2. The van der Waals surface area contributed by atoms with Crippen LogP contribution in [-0.4, -0.2) is 31.8 Å². The fourth-order valence-corrected chi connectivity index (χ4v) is 2.06. The molecule has 0 spiro atoms. The number of methoxy groups -OCH3 is 1. The Bertz CT molecular complexity index is 366. The highest BCUT2D eigenvalue weighted by atomic mass is 16.7. The molecule has 0 amide bonds. The molecule has 1 aromatic rings. The van der Waals surface area contributed by atoms with Gasteiger partial charge in [-0.15, -0.1) is 0 Å². The molecule has 1 fully saturated rings. The Labute approximate surface area is 94.7 Å². The molecule has 4 heteroatoms. The van der Waals surface area contributed by atoms with E-state index < -0.39 is 0 Å². The Morgan fingerprint density at radius 3 is 2.75 bits per heavy atom. The second kappa shape index (κ2) is 4.63. The minimum atomic E-state index is -0.252. The summed E-state index contributed by atoms with van der Waals surface area (Å²) in [4.78, 5) is 17.0. The summed E-state index contributed by atoms with van der Waals surface area (Å²) >= 11 is 0. The molecule has 0 bridgehead atoms. The Hall–Kier alpha value is -1.39. The lowest BCUT2D eigenvalue weighted by atomic mass is 9.94. The van der Waals surface area contributed by atoms with E-state index in [1.165, 1.54) is 7.11 Å². The number of ether oxygens (including phenoxy) is 1. The molecule has 1 heterocycles. The van der Waals surface area contributed by atoms with Gasteiger partial charge in [-0.2, -0.15) is 5.06 Å². The summed E-state index contributed by atoms with van der Waals surface area (Å²) in [5.74, 6) is -0.476. The SMILES string of the molecule is COC(=O)[C@H]1CON(C)[C@H]1c1ccccc1. The first-order valence-electron chi connectivity index (χ1n) is 5.22. The van der Waals surface area contributed by atoms with Gasteiger partial charge in [-0.25, -0.2) is 0 Å².